The smallest absolute Gasteiger partial charge is 0.263 e. The summed E-state index contributed by atoms with van der Waals surface area (Å²) in [4.78, 5) is 7.93. The molecule has 3 rings (SSSR count). The van der Waals surface area contributed by atoms with Gasteiger partial charge in [-0.15, -0.1) is 0 Å². The zero-order valence-electron chi connectivity index (χ0n) is 15.0. The molecule has 28 heavy (non-hydrogen) atoms. The van der Waals surface area contributed by atoms with E-state index in [0.717, 1.165) is 0 Å². The molecule has 2 aromatic carbocycles. The average Bonchev–Trinajstić information content (AvgIpc) is 2.69. The number of hydrogen-bond acceptors (Lipinski definition) is 6. The fourth-order valence-corrected chi connectivity index (χ4v) is 3.91. The van der Waals surface area contributed by atoms with Crippen LogP contribution in [0.25, 0.3) is 0 Å². The maximum absolute atomic E-state index is 12.7. The minimum atomic E-state index is -3.90. The van der Waals surface area contributed by atoms with E-state index in [1.807, 2.05) is 30.3 Å². The van der Waals surface area contributed by atoms with Crippen molar-refractivity contribution in [2.24, 2.45) is 0 Å². The van der Waals surface area contributed by atoms with Crippen LogP contribution < -0.4 is 14.2 Å². The van der Waals surface area contributed by atoms with Crippen LogP contribution in [0.15, 0.2) is 66.0 Å². The zero-order valence-corrected chi connectivity index (χ0v) is 16.6. The number of nitrogens with zero attached hydrogens (tertiary/aromatic N) is 2. The second kappa shape index (κ2) is 8.90. The molecule has 0 saturated heterocycles. The number of sulfonamides is 1. The summed E-state index contributed by atoms with van der Waals surface area (Å²) >= 11 is 6.03. The summed E-state index contributed by atoms with van der Waals surface area (Å²) < 4.78 is 39.0. The average molecular weight is 420 g/mol. The maximum Gasteiger partial charge on any atom is 0.263 e. The van der Waals surface area contributed by atoms with Crippen molar-refractivity contribution >= 4 is 27.4 Å². The van der Waals surface area contributed by atoms with Crippen molar-refractivity contribution in [2.45, 2.75) is 11.8 Å². The SMILES string of the molecule is Cc1c(Cl)cccc1S(=O)(=O)Nc1ncncc1OCCOc1ccccc1. The quantitative estimate of drug-likeness (QED) is 0.560. The minimum absolute atomic E-state index is 0.0362. The summed E-state index contributed by atoms with van der Waals surface area (Å²) in [5.41, 5.74) is 0.449. The van der Waals surface area contributed by atoms with Crippen LogP contribution in [0.5, 0.6) is 11.5 Å². The van der Waals surface area contributed by atoms with E-state index in [2.05, 4.69) is 14.7 Å². The molecule has 3 aromatic rings. The first kappa shape index (κ1) is 19.9. The third-order valence-corrected chi connectivity index (χ3v) is 5.66. The lowest BCUT2D eigenvalue weighted by atomic mass is 10.2. The number of para-hydroxylation sites is 1. The minimum Gasteiger partial charge on any atom is -0.490 e. The van der Waals surface area contributed by atoms with Gasteiger partial charge >= 0.3 is 0 Å². The van der Waals surface area contributed by atoms with Crippen molar-refractivity contribution in [2.75, 3.05) is 17.9 Å². The molecule has 0 radical (unpaired) electrons. The van der Waals surface area contributed by atoms with Gasteiger partial charge in [0.1, 0.15) is 25.3 Å². The van der Waals surface area contributed by atoms with E-state index < -0.39 is 10.0 Å². The molecule has 1 N–H and O–H groups in total. The lowest BCUT2D eigenvalue weighted by Crippen LogP contribution is -2.17. The molecule has 0 unspecified atom stereocenters. The van der Waals surface area contributed by atoms with Gasteiger partial charge in [-0.25, -0.2) is 18.4 Å². The normalized spacial score (nSPS) is 11.1. The van der Waals surface area contributed by atoms with Crippen LogP contribution in [0.4, 0.5) is 5.82 Å². The fraction of sp³-hybridized carbons (Fsp3) is 0.158. The molecular formula is C19H18ClN3O4S. The van der Waals surface area contributed by atoms with Crippen LogP contribution in [-0.2, 0) is 10.0 Å². The van der Waals surface area contributed by atoms with Crippen LogP contribution >= 0.6 is 11.6 Å². The summed E-state index contributed by atoms with van der Waals surface area (Å²) in [5, 5.41) is 0.361. The summed E-state index contributed by atoms with van der Waals surface area (Å²) in [7, 11) is -3.90. The second-order valence-electron chi connectivity index (χ2n) is 5.71. The topological polar surface area (TPSA) is 90.4 Å². The monoisotopic (exact) mass is 419 g/mol. The predicted molar refractivity (Wildman–Crippen MR) is 106 cm³/mol. The van der Waals surface area contributed by atoms with E-state index in [0.29, 0.717) is 16.3 Å². The number of rotatable bonds is 8. The number of benzene rings is 2. The van der Waals surface area contributed by atoms with Gasteiger partial charge in [0.2, 0.25) is 0 Å². The Bertz CT molecular complexity index is 1050. The third kappa shape index (κ3) is 4.90. The summed E-state index contributed by atoms with van der Waals surface area (Å²) in [6.07, 6.45) is 2.62. The molecule has 0 saturated carbocycles. The highest BCUT2D eigenvalue weighted by molar-refractivity contribution is 7.92. The molecule has 7 nitrogen and oxygen atoms in total. The number of halogens is 1. The summed E-state index contributed by atoms with van der Waals surface area (Å²) in [5.74, 6) is 0.948. The van der Waals surface area contributed by atoms with Crippen molar-refractivity contribution in [3.05, 3.63) is 71.6 Å². The molecule has 0 fully saturated rings. The first-order valence-electron chi connectivity index (χ1n) is 8.36. The molecule has 1 heterocycles. The van der Waals surface area contributed by atoms with E-state index in [1.165, 1.54) is 18.6 Å². The van der Waals surface area contributed by atoms with Crippen molar-refractivity contribution in [1.29, 1.82) is 0 Å². The van der Waals surface area contributed by atoms with E-state index in [4.69, 9.17) is 21.1 Å². The Hall–Kier alpha value is -2.84. The van der Waals surface area contributed by atoms with E-state index in [-0.39, 0.29) is 29.7 Å². The number of hydrogen-bond donors (Lipinski definition) is 1. The van der Waals surface area contributed by atoms with Gasteiger partial charge in [-0.2, -0.15) is 0 Å². The third-order valence-electron chi connectivity index (χ3n) is 3.77. The van der Waals surface area contributed by atoms with Gasteiger partial charge < -0.3 is 9.47 Å². The predicted octanol–water partition coefficient (Wildman–Crippen LogP) is 3.70. The highest BCUT2D eigenvalue weighted by atomic mass is 35.5. The van der Waals surface area contributed by atoms with Crippen molar-refractivity contribution in [3.63, 3.8) is 0 Å². The summed E-state index contributed by atoms with van der Waals surface area (Å²) in [6, 6.07) is 14.0. The molecule has 0 aliphatic heterocycles. The maximum atomic E-state index is 12.7. The number of ether oxygens (including phenoxy) is 2. The van der Waals surface area contributed by atoms with Gasteiger partial charge in [0.15, 0.2) is 11.6 Å². The molecule has 0 spiro atoms. The van der Waals surface area contributed by atoms with E-state index in [9.17, 15) is 8.42 Å². The van der Waals surface area contributed by atoms with Crippen molar-refractivity contribution in [1.82, 2.24) is 9.97 Å². The Kier molecular flexibility index (Phi) is 6.33. The van der Waals surface area contributed by atoms with E-state index >= 15 is 0 Å². The van der Waals surface area contributed by atoms with Crippen molar-refractivity contribution < 1.29 is 17.9 Å². The van der Waals surface area contributed by atoms with Gasteiger partial charge in [-0.1, -0.05) is 35.9 Å². The molecule has 146 valence electrons. The molecule has 9 heteroatoms. The lowest BCUT2D eigenvalue weighted by Gasteiger charge is -2.14. The standard InChI is InChI=1S/C19H18ClN3O4S/c1-14-16(20)8-5-9-18(14)28(24,25)23-19-17(12-21-13-22-19)27-11-10-26-15-6-3-2-4-7-15/h2-9,12-13H,10-11H2,1H3,(H,21,22,23). The molecule has 0 aliphatic carbocycles. The van der Waals surface area contributed by atoms with Gasteiger partial charge in [0, 0.05) is 5.02 Å². The zero-order chi connectivity index (χ0) is 20.0. The molecule has 0 aliphatic rings. The van der Waals surface area contributed by atoms with Crippen molar-refractivity contribution in [3.8, 4) is 11.5 Å². The van der Waals surface area contributed by atoms with Gasteiger partial charge in [-0.3, -0.25) is 4.72 Å². The molecule has 0 amide bonds. The van der Waals surface area contributed by atoms with E-state index in [1.54, 1.807) is 19.1 Å². The van der Waals surface area contributed by atoms with Crippen LogP contribution in [0.1, 0.15) is 5.56 Å². The molecule has 1 aromatic heterocycles. The summed E-state index contributed by atoms with van der Waals surface area (Å²) in [6.45, 7) is 2.10. The van der Waals surface area contributed by atoms with Gasteiger partial charge in [0.05, 0.1) is 11.1 Å². The van der Waals surface area contributed by atoms with Crippen LogP contribution in [0.3, 0.4) is 0 Å². The molecule has 0 atom stereocenters. The first-order valence-corrected chi connectivity index (χ1v) is 10.2. The molecule has 0 bridgehead atoms. The number of nitrogens with one attached hydrogen (secondary N) is 1. The largest absolute Gasteiger partial charge is 0.490 e. The Morgan fingerprint density at radius 1 is 1.04 bits per heavy atom. The first-order chi connectivity index (χ1) is 13.5. The second-order valence-corrected chi connectivity index (χ2v) is 7.77. The van der Waals surface area contributed by atoms with Crippen LogP contribution in [0.2, 0.25) is 5.02 Å². The van der Waals surface area contributed by atoms with Crippen LogP contribution in [-0.4, -0.2) is 31.6 Å². The lowest BCUT2D eigenvalue weighted by molar-refractivity contribution is 0.217. The van der Waals surface area contributed by atoms with Gasteiger partial charge in [0.25, 0.3) is 10.0 Å². The Labute approximate surface area is 168 Å². The molecular weight excluding hydrogens is 402 g/mol. The van der Waals surface area contributed by atoms with Crippen LogP contribution in [0, 0.1) is 6.92 Å². The highest BCUT2D eigenvalue weighted by Gasteiger charge is 2.21. The Morgan fingerprint density at radius 3 is 2.57 bits per heavy atom. The van der Waals surface area contributed by atoms with Gasteiger partial charge in [-0.05, 0) is 36.8 Å². The fourth-order valence-electron chi connectivity index (χ4n) is 2.39. The number of aromatic nitrogens is 2. The highest BCUT2D eigenvalue weighted by Crippen LogP contribution is 2.27. The Morgan fingerprint density at radius 2 is 1.79 bits per heavy atom. The Balaban J connectivity index is 1.69. The number of anilines is 1.